The Labute approximate surface area is 231 Å². The molecule has 0 saturated heterocycles. The fourth-order valence-corrected chi connectivity index (χ4v) is 1.32. The molecule has 0 saturated carbocycles. The number of rotatable bonds is 4. The molecule has 3 radical (unpaired) electrons. The number of benzene rings is 2. The van der Waals surface area contributed by atoms with Crippen molar-refractivity contribution in [3.63, 3.8) is 0 Å². The average molecular weight is 645 g/mol. The van der Waals surface area contributed by atoms with Crippen molar-refractivity contribution < 1.29 is 62.1 Å². The van der Waals surface area contributed by atoms with Crippen LogP contribution in [0.1, 0.15) is 25.0 Å². The molecule has 9 heteroatoms. The van der Waals surface area contributed by atoms with E-state index >= 15 is 0 Å². The first-order valence-electron chi connectivity index (χ1n) is 7.81. The van der Waals surface area contributed by atoms with Crippen LogP contribution < -0.4 is 0 Å². The molecule has 0 amide bonds. The van der Waals surface area contributed by atoms with Crippen LogP contribution in [0.15, 0.2) is 60.7 Å². The van der Waals surface area contributed by atoms with Crippen LogP contribution in [-0.4, -0.2) is 22.3 Å². The third-order valence-corrected chi connectivity index (χ3v) is 4.30. The van der Waals surface area contributed by atoms with Gasteiger partial charge in [-0.25, -0.2) is 0 Å². The van der Waals surface area contributed by atoms with Crippen LogP contribution in [0.5, 0.6) is 0 Å². The predicted molar refractivity (Wildman–Crippen MR) is 109 cm³/mol. The van der Waals surface area contributed by atoms with Crippen molar-refractivity contribution in [1.82, 2.24) is 0 Å². The van der Waals surface area contributed by atoms with E-state index in [0.29, 0.717) is 0 Å². The third kappa shape index (κ3) is 53.7. The molecule has 175 valence electrons. The van der Waals surface area contributed by atoms with Gasteiger partial charge in [0.25, 0.3) is 0 Å². The van der Waals surface area contributed by atoms with Gasteiger partial charge in [0.2, 0.25) is 0 Å². The van der Waals surface area contributed by atoms with Gasteiger partial charge in [0.1, 0.15) is 0 Å². The normalized spacial score (nSPS) is 6.06. The SMILES string of the molecule is CC(C)C[Te].[C-]#[O+].[C-]#[O+].[C-]#[O+].[C-]#[O+].[C-]#[O+].[C-]#[O+].[CH]([CH]c1ccccc1)c1ccccc1.[Fe].[Fe]. The number of hydrogen-bond acceptors (Lipinski definition) is 0. The minimum atomic E-state index is 0. The van der Waals surface area contributed by atoms with Crippen molar-refractivity contribution in [2.24, 2.45) is 5.92 Å². The predicted octanol–water partition coefficient (Wildman–Crippen LogP) is 4.49. The van der Waals surface area contributed by atoms with Crippen LogP contribution in [0.25, 0.3) is 0 Å². The minimum Gasteiger partial charge on any atom is -0.0622 e. The van der Waals surface area contributed by atoms with Crippen LogP contribution >= 0.6 is 0 Å². The van der Waals surface area contributed by atoms with Crippen LogP contribution in [-0.2, 0) is 62.1 Å². The maximum atomic E-state index is 7.50. The summed E-state index contributed by atoms with van der Waals surface area (Å²) >= 11 is 2.14. The summed E-state index contributed by atoms with van der Waals surface area (Å²) in [5.41, 5.74) is 2.47. The van der Waals surface area contributed by atoms with Crippen LogP contribution in [0.3, 0.4) is 0 Å². The minimum absolute atomic E-state index is 0. The van der Waals surface area contributed by atoms with E-state index in [1.165, 1.54) is 15.6 Å². The zero-order valence-corrected chi connectivity index (χ0v) is 22.3. The smallest absolute Gasteiger partial charge is 0 e. The van der Waals surface area contributed by atoms with Gasteiger partial charge >= 0.3 is 114 Å². The van der Waals surface area contributed by atoms with Crippen molar-refractivity contribution in [2.75, 3.05) is 0 Å². The molecule has 2 rings (SSSR count). The molecule has 0 atom stereocenters. The molecule has 0 aromatic heterocycles. The van der Waals surface area contributed by atoms with Gasteiger partial charge in [-0.05, 0) is 24.0 Å². The van der Waals surface area contributed by atoms with Crippen LogP contribution in [0.2, 0.25) is 4.47 Å². The molecule has 0 aliphatic rings. The van der Waals surface area contributed by atoms with E-state index in [0.717, 1.165) is 5.92 Å². The van der Waals surface area contributed by atoms with E-state index in [1.54, 1.807) is 0 Å². The summed E-state index contributed by atoms with van der Waals surface area (Å²) in [6.45, 7) is 31.4. The van der Waals surface area contributed by atoms with Crippen molar-refractivity contribution in [3.05, 3.63) is 125 Å². The second-order valence-corrected chi connectivity index (χ2v) is 5.67. The Kier molecular flexibility index (Phi) is 102. The largest absolute Gasteiger partial charge is 0.0622 e. The molecule has 0 bridgehead atoms. The van der Waals surface area contributed by atoms with E-state index in [4.69, 9.17) is 27.9 Å². The standard InChI is InChI=1S/C14H12.C4H9Te.6CO.2Fe/c1-3-7-13(8-4-1)11-12-14-9-5-2-6-10-14;1-4(2)3-5;6*1-2;;/h1-12H;4H,3H2,1-2H3;;;;;;;;. The molecule has 0 fully saturated rings. The summed E-state index contributed by atoms with van der Waals surface area (Å²) in [7, 11) is 0. The van der Waals surface area contributed by atoms with Gasteiger partial charge in [0.15, 0.2) is 0 Å². The zero-order valence-electron chi connectivity index (χ0n) is 17.8. The van der Waals surface area contributed by atoms with Gasteiger partial charge in [-0.2, -0.15) is 0 Å². The topological polar surface area (TPSA) is 119 Å². The molecule has 6 nitrogen and oxygen atoms in total. The van der Waals surface area contributed by atoms with E-state index < -0.39 is 0 Å². The summed E-state index contributed by atoms with van der Waals surface area (Å²) in [6, 6.07) is 20.6. The number of hydrogen-bond donors (Lipinski definition) is 0. The molecule has 0 heterocycles. The molecule has 0 unspecified atom stereocenters. The van der Waals surface area contributed by atoms with Gasteiger partial charge in [-0.1, -0.05) is 60.7 Å². The van der Waals surface area contributed by atoms with E-state index in [9.17, 15) is 0 Å². The summed E-state index contributed by atoms with van der Waals surface area (Å²) in [5.74, 6) is 0.889. The summed E-state index contributed by atoms with van der Waals surface area (Å²) in [5, 5.41) is 0. The molecule has 0 aliphatic heterocycles. The molecule has 0 spiro atoms. The van der Waals surface area contributed by atoms with Gasteiger partial charge in [-0.3, -0.25) is 0 Å². The van der Waals surface area contributed by atoms with E-state index in [1.807, 2.05) is 36.4 Å². The van der Waals surface area contributed by atoms with Gasteiger partial charge in [0.05, 0.1) is 0 Å². The Morgan fingerprint density at radius 3 is 0.909 bits per heavy atom. The van der Waals surface area contributed by atoms with Crippen molar-refractivity contribution in [3.8, 4) is 0 Å². The fourth-order valence-electron chi connectivity index (χ4n) is 1.32. The van der Waals surface area contributed by atoms with Crippen molar-refractivity contribution in [2.45, 2.75) is 18.3 Å². The van der Waals surface area contributed by atoms with E-state index in [-0.39, 0.29) is 34.1 Å². The Hall–Kier alpha value is -1.29. The molecular weight excluding hydrogens is 624 g/mol. The Morgan fingerprint density at radius 2 is 0.758 bits per heavy atom. The Morgan fingerprint density at radius 1 is 0.576 bits per heavy atom. The Bertz CT molecular complexity index is 596. The molecule has 0 aliphatic carbocycles. The summed E-state index contributed by atoms with van der Waals surface area (Å²) in [6.07, 6.45) is 4.24. The average Bonchev–Trinajstić information content (AvgIpc) is 2.91. The van der Waals surface area contributed by atoms with Crippen LogP contribution in [0.4, 0.5) is 0 Å². The second-order valence-electron chi connectivity index (χ2n) is 4.72. The first-order chi connectivity index (χ1) is 15.2. The molecule has 33 heavy (non-hydrogen) atoms. The molecule has 2 aromatic carbocycles. The third-order valence-electron chi connectivity index (χ3n) is 2.40. The van der Waals surface area contributed by atoms with Gasteiger partial charge in [-0.15, -0.1) is 0 Å². The Balaban J connectivity index is -0.0000000469. The van der Waals surface area contributed by atoms with Crippen molar-refractivity contribution in [1.29, 1.82) is 0 Å². The molecular formula is C24H21Fe2O6Te. The van der Waals surface area contributed by atoms with Gasteiger partial charge < -0.3 is 0 Å². The monoisotopic (exact) mass is 647 g/mol. The fraction of sp³-hybridized carbons (Fsp3) is 0.167. The van der Waals surface area contributed by atoms with E-state index in [2.05, 4.69) is 113 Å². The second kappa shape index (κ2) is 63.2. The molecule has 2 aromatic rings. The van der Waals surface area contributed by atoms with Crippen LogP contribution in [0, 0.1) is 58.7 Å². The summed E-state index contributed by atoms with van der Waals surface area (Å²) in [4.78, 5) is 0. The first kappa shape index (κ1) is 53.2. The zero-order chi connectivity index (χ0) is 25.9. The molecule has 0 N–H and O–H groups in total. The summed E-state index contributed by atoms with van der Waals surface area (Å²) < 4.78 is 46.3. The maximum absolute atomic E-state index is 7.50. The quantitative estimate of drug-likeness (QED) is 0.265. The van der Waals surface area contributed by atoms with Crippen molar-refractivity contribution >= 4 is 22.3 Å². The maximum Gasteiger partial charge on any atom is 0 e. The van der Waals surface area contributed by atoms with Gasteiger partial charge in [0, 0.05) is 34.1 Å². The first-order valence-corrected chi connectivity index (χ1v) is 9.46.